The largest absolute Gasteiger partial charge is 0.497 e. The third kappa shape index (κ3) is 6.06. The molecule has 0 bridgehead atoms. The second-order valence-electron chi connectivity index (χ2n) is 7.36. The van der Waals surface area contributed by atoms with Crippen LogP contribution in [0.2, 0.25) is 5.02 Å². The molecular weight excluding hydrogens is 438 g/mol. The number of allylic oxidation sites excluding steroid dienone is 1. The molecule has 2 N–H and O–H groups in total. The number of ether oxygens (including phenoxy) is 2. The van der Waals surface area contributed by atoms with Crippen LogP contribution in [0.3, 0.4) is 0 Å². The molecule has 0 amide bonds. The minimum atomic E-state index is -4.13. The van der Waals surface area contributed by atoms with Gasteiger partial charge in [-0.15, -0.1) is 0 Å². The molecule has 7 nitrogen and oxygen atoms in total. The van der Waals surface area contributed by atoms with Gasteiger partial charge in [0.05, 0.1) is 19.1 Å². The van der Waals surface area contributed by atoms with Crippen molar-refractivity contribution in [1.29, 1.82) is 5.26 Å². The minimum Gasteiger partial charge on any atom is -0.497 e. The van der Waals surface area contributed by atoms with Gasteiger partial charge in [-0.05, 0) is 44.5 Å². The third-order valence-corrected chi connectivity index (χ3v) is 6.67. The molecule has 0 atom stereocenters. The van der Waals surface area contributed by atoms with Crippen LogP contribution in [0.4, 0.5) is 5.69 Å². The first-order chi connectivity index (χ1) is 14.6. The highest BCUT2D eigenvalue weighted by molar-refractivity contribution is 7.95. The van der Waals surface area contributed by atoms with Crippen molar-refractivity contribution in [2.75, 3.05) is 19.5 Å². The molecule has 31 heavy (non-hydrogen) atoms. The zero-order valence-corrected chi connectivity index (χ0v) is 19.7. The molecule has 0 aliphatic heterocycles. The average Bonchev–Trinajstić information content (AvgIpc) is 2.73. The number of benzene rings is 2. The SMILES string of the molecule is CCC(C)(C)NC(Nc1cc(OC)cc(OC)c1)=C(C#N)S(=O)(=O)c1ccc(Cl)cc1. The summed E-state index contributed by atoms with van der Waals surface area (Å²) in [6.45, 7) is 5.77. The molecule has 0 radical (unpaired) electrons. The summed E-state index contributed by atoms with van der Waals surface area (Å²) in [7, 11) is -1.10. The lowest BCUT2D eigenvalue weighted by molar-refractivity contribution is 0.394. The van der Waals surface area contributed by atoms with E-state index < -0.39 is 20.3 Å². The first-order valence-electron chi connectivity index (χ1n) is 9.49. The number of hydrogen-bond donors (Lipinski definition) is 2. The Labute approximate surface area is 188 Å². The predicted molar refractivity (Wildman–Crippen MR) is 122 cm³/mol. The normalized spacial score (nSPS) is 12.4. The van der Waals surface area contributed by atoms with E-state index in [0.717, 1.165) is 0 Å². The molecule has 0 aromatic heterocycles. The fraction of sp³-hybridized carbons (Fsp3) is 0.318. The van der Waals surface area contributed by atoms with Crippen molar-refractivity contribution >= 4 is 27.1 Å². The Morgan fingerprint density at radius 2 is 1.65 bits per heavy atom. The molecule has 0 fully saturated rings. The Kier molecular flexibility index (Phi) is 7.82. The number of hydrogen-bond acceptors (Lipinski definition) is 7. The van der Waals surface area contributed by atoms with Crippen LogP contribution in [0.1, 0.15) is 27.2 Å². The van der Waals surface area contributed by atoms with Crippen LogP contribution in [0.5, 0.6) is 11.5 Å². The van der Waals surface area contributed by atoms with E-state index in [0.29, 0.717) is 28.6 Å². The zero-order chi connectivity index (χ0) is 23.2. The van der Waals surface area contributed by atoms with Gasteiger partial charge in [0.1, 0.15) is 23.4 Å². The number of rotatable bonds is 9. The van der Waals surface area contributed by atoms with Gasteiger partial charge in [0.2, 0.25) is 9.84 Å². The molecule has 0 aliphatic rings. The Balaban J connectivity index is 2.67. The number of halogens is 1. The second-order valence-corrected chi connectivity index (χ2v) is 9.69. The molecule has 9 heteroatoms. The summed E-state index contributed by atoms with van der Waals surface area (Å²) < 4.78 is 37.1. The van der Waals surface area contributed by atoms with E-state index in [1.54, 1.807) is 18.2 Å². The number of nitrogens with zero attached hydrogens (tertiary/aromatic N) is 1. The molecule has 2 rings (SSSR count). The quantitative estimate of drug-likeness (QED) is 0.519. The van der Waals surface area contributed by atoms with Crippen LogP contribution in [-0.4, -0.2) is 28.2 Å². The molecule has 0 unspecified atom stereocenters. The van der Waals surface area contributed by atoms with Crippen molar-refractivity contribution in [3.8, 4) is 17.6 Å². The molecule has 2 aromatic carbocycles. The molecule has 0 heterocycles. The monoisotopic (exact) mass is 463 g/mol. The van der Waals surface area contributed by atoms with Gasteiger partial charge in [-0.25, -0.2) is 8.42 Å². The van der Waals surface area contributed by atoms with Crippen molar-refractivity contribution in [3.63, 3.8) is 0 Å². The van der Waals surface area contributed by atoms with E-state index >= 15 is 0 Å². The van der Waals surface area contributed by atoms with Crippen LogP contribution in [0, 0.1) is 11.3 Å². The van der Waals surface area contributed by atoms with Crippen molar-refractivity contribution in [1.82, 2.24) is 5.32 Å². The van der Waals surface area contributed by atoms with Crippen LogP contribution in [-0.2, 0) is 9.84 Å². The minimum absolute atomic E-state index is 0.0351. The Morgan fingerprint density at radius 3 is 2.10 bits per heavy atom. The summed E-state index contributed by atoms with van der Waals surface area (Å²) >= 11 is 5.89. The lowest BCUT2D eigenvalue weighted by atomic mass is 10.0. The van der Waals surface area contributed by atoms with E-state index in [4.69, 9.17) is 21.1 Å². The zero-order valence-electron chi connectivity index (χ0n) is 18.1. The van der Waals surface area contributed by atoms with Gasteiger partial charge in [-0.3, -0.25) is 0 Å². The van der Waals surface area contributed by atoms with Gasteiger partial charge in [-0.2, -0.15) is 5.26 Å². The summed E-state index contributed by atoms with van der Waals surface area (Å²) in [5.41, 5.74) is -0.00670. The second kappa shape index (κ2) is 9.94. The highest BCUT2D eigenvalue weighted by atomic mass is 35.5. The molecule has 166 valence electrons. The van der Waals surface area contributed by atoms with E-state index in [9.17, 15) is 13.7 Å². The molecule has 0 saturated heterocycles. The molecule has 0 saturated carbocycles. The van der Waals surface area contributed by atoms with Gasteiger partial charge in [0.15, 0.2) is 4.91 Å². The van der Waals surface area contributed by atoms with Crippen LogP contribution >= 0.6 is 11.6 Å². The van der Waals surface area contributed by atoms with Crippen LogP contribution in [0.25, 0.3) is 0 Å². The van der Waals surface area contributed by atoms with Crippen molar-refractivity contribution in [3.05, 3.63) is 58.2 Å². The topological polar surface area (TPSA) is 100 Å². The maximum atomic E-state index is 13.3. The lowest BCUT2D eigenvalue weighted by Crippen LogP contribution is -2.41. The summed E-state index contributed by atoms with van der Waals surface area (Å²) in [4.78, 5) is -0.481. The fourth-order valence-electron chi connectivity index (χ4n) is 2.58. The number of methoxy groups -OCH3 is 2. The Bertz CT molecular complexity index is 1080. The highest BCUT2D eigenvalue weighted by Gasteiger charge is 2.28. The predicted octanol–water partition coefficient (Wildman–Crippen LogP) is 4.71. The van der Waals surface area contributed by atoms with Crippen molar-refractivity contribution in [2.24, 2.45) is 0 Å². The summed E-state index contributed by atoms with van der Waals surface area (Å²) in [5, 5.41) is 16.5. The molecular formula is C22H26ClN3O4S. The first kappa shape index (κ1) is 24.4. The van der Waals surface area contributed by atoms with E-state index in [1.807, 2.05) is 26.8 Å². The van der Waals surface area contributed by atoms with Gasteiger partial charge in [-0.1, -0.05) is 18.5 Å². The van der Waals surface area contributed by atoms with Crippen LogP contribution < -0.4 is 20.1 Å². The van der Waals surface area contributed by atoms with Crippen molar-refractivity contribution < 1.29 is 17.9 Å². The lowest BCUT2D eigenvalue weighted by Gasteiger charge is -2.29. The Hall–Kier alpha value is -2.89. The van der Waals surface area contributed by atoms with Gasteiger partial charge < -0.3 is 20.1 Å². The third-order valence-electron chi connectivity index (χ3n) is 4.69. The van der Waals surface area contributed by atoms with E-state index in [-0.39, 0.29) is 10.7 Å². The van der Waals surface area contributed by atoms with Gasteiger partial charge in [0.25, 0.3) is 0 Å². The average molecular weight is 464 g/mol. The summed E-state index contributed by atoms with van der Waals surface area (Å²) in [6, 6.07) is 12.6. The Morgan fingerprint density at radius 1 is 1.10 bits per heavy atom. The number of anilines is 1. The number of nitrogens with one attached hydrogen (secondary N) is 2. The van der Waals surface area contributed by atoms with Gasteiger partial charge >= 0.3 is 0 Å². The van der Waals surface area contributed by atoms with Gasteiger partial charge in [0, 0.05) is 34.4 Å². The summed E-state index contributed by atoms with van der Waals surface area (Å²) in [5.74, 6) is 1.07. The summed E-state index contributed by atoms with van der Waals surface area (Å²) in [6.07, 6.45) is 0.680. The first-order valence-corrected chi connectivity index (χ1v) is 11.4. The maximum absolute atomic E-state index is 13.3. The molecule has 0 spiro atoms. The molecule has 2 aromatic rings. The van der Waals surface area contributed by atoms with E-state index in [2.05, 4.69) is 10.6 Å². The standard InChI is InChI=1S/C22H26ClN3O4S/c1-6-22(2,3)26-21(25-16-11-17(29-4)13-18(12-16)30-5)20(14-24)31(27,28)19-9-7-15(23)8-10-19/h7-13,25-26H,6H2,1-5H3. The molecule has 0 aliphatic carbocycles. The number of nitriles is 1. The maximum Gasteiger partial charge on any atom is 0.220 e. The van der Waals surface area contributed by atoms with Crippen molar-refractivity contribution in [2.45, 2.75) is 37.6 Å². The number of sulfone groups is 1. The highest BCUT2D eigenvalue weighted by Crippen LogP contribution is 2.29. The van der Waals surface area contributed by atoms with Crippen LogP contribution in [0.15, 0.2) is 58.1 Å². The fourth-order valence-corrected chi connectivity index (χ4v) is 3.92. The van der Waals surface area contributed by atoms with E-state index in [1.165, 1.54) is 38.5 Å². The smallest absolute Gasteiger partial charge is 0.220 e.